The lowest BCUT2D eigenvalue weighted by atomic mass is 10.4. The highest BCUT2D eigenvalue weighted by atomic mass is 16.5. The van der Waals surface area contributed by atoms with Gasteiger partial charge in [-0.25, -0.2) is 4.98 Å². The molecule has 1 aromatic rings. The second-order valence-electron chi connectivity index (χ2n) is 3.13. The third-order valence-corrected chi connectivity index (χ3v) is 1.87. The van der Waals surface area contributed by atoms with Crippen molar-refractivity contribution >= 4 is 5.95 Å². The molecule has 0 aliphatic heterocycles. The summed E-state index contributed by atoms with van der Waals surface area (Å²) in [7, 11) is 0. The van der Waals surface area contributed by atoms with Gasteiger partial charge in [0.05, 0.1) is 6.61 Å². The third-order valence-electron chi connectivity index (χ3n) is 1.87. The summed E-state index contributed by atoms with van der Waals surface area (Å²) in [5, 5.41) is 3.12. The molecule has 5 nitrogen and oxygen atoms in total. The van der Waals surface area contributed by atoms with Crippen LogP contribution in [-0.2, 0) is 4.74 Å². The van der Waals surface area contributed by atoms with Crippen molar-refractivity contribution in [2.24, 2.45) is 0 Å². The van der Waals surface area contributed by atoms with Crippen molar-refractivity contribution in [1.29, 1.82) is 0 Å². The summed E-state index contributed by atoms with van der Waals surface area (Å²) >= 11 is 0. The Morgan fingerprint density at radius 3 is 2.94 bits per heavy atom. The van der Waals surface area contributed by atoms with Crippen molar-refractivity contribution in [1.82, 2.24) is 9.97 Å². The van der Waals surface area contributed by atoms with E-state index >= 15 is 0 Å². The van der Waals surface area contributed by atoms with Gasteiger partial charge in [0, 0.05) is 32.0 Å². The summed E-state index contributed by atoms with van der Waals surface area (Å²) in [5.41, 5.74) is 0. The van der Waals surface area contributed by atoms with Crippen LogP contribution in [0.25, 0.3) is 0 Å². The van der Waals surface area contributed by atoms with Crippen molar-refractivity contribution in [3.63, 3.8) is 0 Å². The molecule has 16 heavy (non-hydrogen) atoms. The molecule has 5 heteroatoms. The Bertz CT molecular complexity index is 294. The van der Waals surface area contributed by atoms with Gasteiger partial charge in [0.1, 0.15) is 0 Å². The second-order valence-corrected chi connectivity index (χ2v) is 3.13. The van der Waals surface area contributed by atoms with Gasteiger partial charge in [-0.3, -0.25) is 0 Å². The van der Waals surface area contributed by atoms with Gasteiger partial charge in [-0.15, -0.1) is 0 Å². The van der Waals surface area contributed by atoms with Crippen molar-refractivity contribution < 1.29 is 9.47 Å². The van der Waals surface area contributed by atoms with Gasteiger partial charge in [-0.05, 0) is 20.3 Å². The van der Waals surface area contributed by atoms with Crippen LogP contribution in [0.1, 0.15) is 20.3 Å². The number of rotatable bonds is 8. The second kappa shape index (κ2) is 7.87. The van der Waals surface area contributed by atoms with Crippen LogP contribution < -0.4 is 10.1 Å². The maximum Gasteiger partial charge on any atom is 0.225 e. The van der Waals surface area contributed by atoms with Crippen LogP contribution in [0, 0.1) is 0 Å². The molecule has 1 aromatic heterocycles. The molecule has 0 unspecified atom stereocenters. The molecule has 1 rings (SSSR count). The number of anilines is 1. The molecule has 0 spiro atoms. The van der Waals surface area contributed by atoms with Gasteiger partial charge < -0.3 is 14.8 Å². The zero-order valence-corrected chi connectivity index (χ0v) is 9.90. The molecule has 0 radical (unpaired) electrons. The molecule has 0 aliphatic carbocycles. The molecule has 90 valence electrons. The average Bonchev–Trinajstić information content (AvgIpc) is 2.30. The average molecular weight is 225 g/mol. The van der Waals surface area contributed by atoms with Crippen molar-refractivity contribution in [3.05, 3.63) is 12.3 Å². The zero-order chi connectivity index (χ0) is 11.6. The highest BCUT2D eigenvalue weighted by Crippen LogP contribution is 2.07. The molecule has 0 amide bonds. The lowest BCUT2D eigenvalue weighted by Gasteiger charge is -2.06. The Kier molecular flexibility index (Phi) is 6.25. The zero-order valence-electron chi connectivity index (χ0n) is 9.90. The summed E-state index contributed by atoms with van der Waals surface area (Å²) in [4.78, 5) is 8.29. The number of hydrogen-bond donors (Lipinski definition) is 1. The summed E-state index contributed by atoms with van der Waals surface area (Å²) in [6.45, 7) is 6.85. The van der Waals surface area contributed by atoms with Crippen LogP contribution in [-0.4, -0.2) is 36.3 Å². The number of hydrogen-bond acceptors (Lipinski definition) is 5. The van der Waals surface area contributed by atoms with Crippen LogP contribution in [0.15, 0.2) is 12.3 Å². The van der Waals surface area contributed by atoms with Crippen LogP contribution in [0.4, 0.5) is 5.95 Å². The maximum atomic E-state index is 5.28. The third kappa shape index (κ3) is 4.93. The van der Waals surface area contributed by atoms with Gasteiger partial charge in [0.25, 0.3) is 0 Å². The normalized spacial score (nSPS) is 10.1. The minimum atomic E-state index is 0.599. The van der Waals surface area contributed by atoms with E-state index in [4.69, 9.17) is 9.47 Å². The molecule has 1 N–H and O–H groups in total. The molecule has 0 saturated carbocycles. The Morgan fingerprint density at radius 1 is 1.31 bits per heavy atom. The highest BCUT2D eigenvalue weighted by molar-refractivity contribution is 5.27. The summed E-state index contributed by atoms with van der Waals surface area (Å²) in [5.74, 6) is 1.20. The summed E-state index contributed by atoms with van der Waals surface area (Å²) < 4.78 is 10.5. The minimum absolute atomic E-state index is 0.599. The molecule has 0 atom stereocenters. The number of ether oxygens (including phenoxy) is 2. The minimum Gasteiger partial charge on any atom is -0.478 e. The standard InChI is InChI=1S/C11H19N3O2/c1-3-15-9-5-7-12-11-13-8-6-10(14-11)16-4-2/h6,8H,3-5,7,9H2,1-2H3,(H,12,13,14). The molecule has 0 aliphatic rings. The van der Waals surface area contributed by atoms with Gasteiger partial charge in [0.15, 0.2) is 0 Å². The van der Waals surface area contributed by atoms with Crippen LogP contribution in [0.5, 0.6) is 5.88 Å². The predicted molar refractivity (Wildman–Crippen MR) is 62.8 cm³/mol. The van der Waals surface area contributed by atoms with E-state index in [1.165, 1.54) is 0 Å². The first-order valence-electron chi connectivity index (χ1n) is 5.64. The lowest BCUT2D eigenvalue weighted by molar-refractivity contribution is 0.147. The van der Waals surface area contributed by atoms with E-state index in [9.17, 15) is 0 Å². The fraction of sp³-hybridized carbons (Fsp3) is 0.636. The van der Waals surface area contributed by atoms with Gasteiger partial charge in [-0.1, -0.05) is 0 Å². The monoisotopic (exact) mass is 225 g/mol. The van der Waals surface area contributed by atoms with E-state index in [0.29, 0.717) is 18.4 Å². The first-order valence-corrected chi connectivity index (χ1v) is 5.64. The number of nitrogens with zero attached hydrogens (tertiary/aromatic N) is 2. The van der Waals surface area contributed by atoms with E-state index in [-0.39, 0.29) is 0 Å². The van der Waals surface area contributed by atoms with E-state index in [0.717, 1.165) is 26.2 Å². The molecule has 1 heterocycles. The molecular weight excluding hydrogens is 206 g/mol. The molecule has 0 bridgehead atoms. The lowest BCUT2D eigenvalue weighted by Crippen LogP contribution is -2.08. The largest absolute Gasteiger partial charge is 0.478 e. The smallest absolute Gasteiger partial charge is 0.225 e. The topological polar surface area (TPSA) is 56.3 Å². The van der Waals surface area contributed by atoms with E-state index in [1.807, 2.05) is 13.8 Å². The molecule has 0 aromatic carbocycles. The Labute approximate surface area is 96.2 Å². The summed E-state index contributed by atoms with van der Waals surface area (Å²) in [6, 6.07) is 1.74. The van der Waals surface area contributed by atoms with Crippen molar-refractivity contribution in [3.8, 4) is 5.88 Å². The van der Waals surface area contributed by atoms with Crippen molar-refractivity contribution in [2.45, 2.75) is 20.3 Å². The maximum absolute atomic E-state index is 5.28. The number of aromatic nitrogens is 2. The fourth-order valence-corrected chi connectivity index (χ4v) is 1.17. The van der Waals surface area contributed by atoms with Gasteiger partial charge in [-0.2, -0.15) is 4.98 Å². The molecule has 0 fully saturated rings. The van der Waals surface area contributed by atoms with E-state index < -0.39 is 0 Å². The first kappa shape index (κ1) is 12.7. The Hall–Kier alpha value is -1.36. The summed E-state index contributed by atoms with van der Waals surface area (Å²) in [6.07, 6.45) is 2.62. The van der Waals surface area contributed by atoms with Crippen molar-refractivity contribution in [2.75, 3.05) is 31.7 Å². The molecule has 0 saturated heterocycles. The van der Waals surface area contributed by atoms with Gasteiger partial charge >= 0.3 is 0 Å². The Morgan fingerprint density at radius 2 is 2.19 bits per heavy atom. The van der Waals surface area contributed by atoms with Crippen LogP contribution in [0.3, 0.4) is 0 Å². The van der Waals surface area contributed by atoms with E-state index in [2.05, 4.69) is 15.3 Å². The fourth-order valence-electron chi connectivity index (χ4n) is 1.17. The SMILES string of the molecule is CCOCCCNc1nccc(OCC)n1. The Balaban J connectivity index is 2.27. The van der Waals surface area contributed by atoms with E-state index in [1.54, 1.807) is 12.3 Å². The van der Waals surface area contributed by atoms with Crippen LogP contribution in [0.2, 0.25) is 0 Å². The predicted octanol–water partition coefficient (Wildman–Crippen LogP) is 1.71. The quantitative estimate of drug-likeness (QED) is 0.683. The van der Waals surface area contributed by atoms with Gasteiger partial charge in [0.2, 0.25) is 11.8 Å². The molecular formula is C11H19N3O2. The highest BCUT2D eigenvalue weighted by Gasteiger charge is 1.98. The first-order chi connectivity index (χ1) is 7.86. The number of nitrogens with one attached hydrogen (secondary N) is 1. The van der Waals surface area contributed by atoms with Crippen LogP contribution >= 0.6 is 0 Å².